The van der Waals surface area contributed by atoms with Crippen LogP contribution in [-0.2, 0) is 16.6 Å². The average Bonchev–Trinajstić information content (AvgIpc) is 3.12. The highest BCUT2D eigenvalue weighted by molar-refractivity contribution is 7.89. The van der Waals surface area contributed by atoms with Gasteiger partial charge < -0.3 is 5.32 Å². The number of amides is 1. The minimum Gasteiger partial charge on any atom is -0.319 e. The molecule has 0 aliphatic heterocycles. The van der Waals surface area contributed by atoms with Gasteiger partial charge in [-0.25, -0.2) is 17.8 Å². The lowest BCUT2D eigenvalue weighted by molar-refractivity contribution is 0.102. The predicted octanol–water partition coefficient (Wildman–Crippen LogP) is 4.84. The van der Waals surface area contributed by atoms with Crippen molar-refractivity contribution in [1.29, 1.82) is 0 Å². The van der Waals surface area contributed by atoms with Crippen LogP contribution in [0.5, 0.6) is 0 Å². The van der Waals surface area contributed by atoms with E-state index in [0.717, 1.165) is 22.5 Å². The minimum atomic E-state index is -3.82. The van der Waals surface area contributed by atoms with E-state index in [-0.39, 0.29) is 17.0 Å². The summed E-state index contributed by atoms with van der Waals surface area (Å²) in [7, 11) is -3.82. The number of carbonyl (C=O) groups is 1. The van der Waals surface area contributed by atoms with Crippen LogP contribution < -0.4 is 10.0 Å². The van der Waals surface area contributed by atoms with Gasteiger partial charge in [-0.15, -0.1) is 0 Å². The zero-order valence-electron chi connectivity index (χ0n) is 20.2. The van der Waals surface area contributed by atoms with Crippen LogP contribution in [0.1, 0.15) is 38.4 Å². The van der Waals surface area contributed by atoms with Gasteiger partial charge in [0.05, 0.1) is 27.7 Å². The summed E-state index contributed by atoms with van der Waals surface area (Å²) >= 11 is 0. The molecule has 0 unspecified atom stereocenters. The lowest BCUT2D eigenvalue weighted by Crippen LogP contribution is -2.24. The van der Waals surface area contributed by atoms with Gasteiger partial charge in [0.15, 0.2) is 0 Å². The van der Waals surface area contributed by atoms with Gasteiger partial charge >= 0.3 is 0 Å². The third kappa shape index (κ3) is 5.34. The highest BCUT2D eigenvalue weighted by Crippen LogP contribution is 2.25. The van der Waals surface area contributed by atoms with E-state index >= 15 is 0 Å². The number of aryl methyl sites for hydroxylation is 3. The molecule has 0 bridgehead atoms. The van der Waals surface area contributed by atoms with Crippen LogP contribution in [0.2, 0.25) is 0 Å². The first-order valence-corrected chi connectivity index (χ1v) is 12.7. The van der Waals surface area contributed by atoms with Gasteiger partial charge in [0, 0.05) is 12.1 Å². The number of aromatic nitrogens is 2. The normalized spacial score (nSPS) is 11.4. The number of hydrogen-bond donors (Lipinski definition) is 2. The van der Waals surface area contributed by atoms with Gasteiger partial charge in [0.25, 0.3) is 5.91 Å². The Morgan fingerprint density at radius 3 is 2.29 bits per heavy atom. The molecule has 0 fully saturated rings. The molecule has 7 nitrogen and oxygen atoms in total. The van der Waals surface area contributed by atoms with Crippen molar-refractivity contribution >= 4 is 21.6 Å². The number of nitrogens with one attached hydrogen (secondary N) is 2. The zero-order valence-corrected chi connectivity index (χ0v) is 21.0. The summed E-state index contributed by atoms with van der Waals surface area (Å²) in [5, 5.41) is 7.49. The summed E-state index contributed by atoms with van der Waals surface area (Å²) in [4.78, 5) is 13.2. The largest absolute Gasteiger partial charge is 0.319 e. The van der Waals surface area contributed by atoms with Gasteiger partial charge in [-0.3, -0.25) is 4.79 Å². The molecule has 0 saturated heterocycles. The maximum absolute atomic E-state index is 13.1. The lowest BCUT2D eigenvalue weighted by Gasteiger charge is -2.12. The van der Waals surface area contributed by atoms with Crippen molar-refractivity contribution < 1.29 is 13.2 Å². The zero-order chi connectivity index (χ0) is 25.2. The second-order valence-corrected chi connectivity index (χ2v) is 10.3. The molecule has 0 saturated carbocycles. The predicted molar refractivity (Wildman–Crippen MR) is 137 cm³/mol. The van der Waals surface area contributed by atoms with Crippen LogP contribution in [0, 0.1) is 27.7 Å². The smallest absolute Gasteiger partial charge is 0.255 e. The fourth-order valence-corrected chi connectivity index (χ4v) is 5.12. The summed E-state index contributed by atoms with van der Waals surface area (Å²) in [5.41, 5.74) is 5.74. The second-order valence-electron chi connectivity index (χ2n) is 8.54. The van der Waals surface area contributed by atoms with Crippen molar-refractivity contribution in [2.24, 2.45) is 0 Å². The highest BCUT2D eigenvalue weighted by atomic mass is 32.2. The van der Waals surface area contributed by atoms with Gasteiger partial charge in [0.2, 0.25) is 10.0 Å². The van der Waals surface area contributed by atoms with Crippen LogP contribution in [0.4, 0.5) is 5.69 Å². The molecule has 4 rings (SSSR count). The topological polar surface area (TPSA) is 93.1 Å². The molecule has 0 radical (unpaired) electrons. The molecule has 0 aliphatic carbocycles. The molecule has 1 aromatic heterocycles. The number of sulfonamides is 1. The van der Waals surface area contributed by atoms with E-state index in [2.05, 4.69) is 15.1 Å². The van der Waals surface area contributed by atoms with Gasteiger partial charge in [-0.1, -0.05) is 54.1 Å². The fraction of sp³-hybridized carbons (Fsp3) is 0.185. The Labute approximate surface area is 205 Å². The molecular weight excluding hydrogens is 460 g/mol. The van der Waals surface area contributed by atoms with Crippen molar-refractivity contribution in [3.05, 3.63) is 106 Å². The number of benzene rings is 3. The van der Waals surface area contributed by atoms with Crippen molar-refractivity contribution in [2.45, 2.75) is 39.1 Å². The standard InChI is InChI=1S/C27H28N4O3S/c1-18-10-14-24(15-11-18)31-21(4)26(20(3)30-31)29-27(32)23-13-12-19(2)25(16-23)35(33,34)28-17-22-8-6-5-7-9-22/h5-16,28H,17H2,1-4H3,(H,29,32). The number of carbonyl (C=O) groups excluding carboxylic acids is 1. The fourth-order valence-electron chi connectivity index (χ4n) is 3.83. The molecule has 1 heterocycles. The van der Waals surface area contributed by atoms with Crippen molar-refractivity contribution in [3.8, 4) is 5.69 Å². The van der Waals surface area contributed by atoms with E-state index in [4.69, 9.17) is 0 Å². The third-order valence-corrected chi connectivity index (χ3v) is 7.40. The SMILES string of the molecule is Cc1ccc(-n2nc(C)c(NC(=O)c3ccc(C)c(S(=O)(=O)NCc4ccccc4)c3)c2C)cc1. The summed E-state index contributed by atoms with van der Waals surface area (Å²) in [6.07, 6.45) is 0. The van der Waals surface area contributed by atoms with E-state index in [1.807, 2.05) is 75.4 Å². The van der Waals surface area contributed by atoms with Gasteiger partial charge in [0.1, 0.15) is 0 Å². The molecule has 180 valence electrons. The number of anilines is 1. The molecule has 0 aliphatic rings. The Hall–Kier alpha value is -3.75. The van der Waals surface area contributed by atoms with Crippen LogP contribution in [-0.4, -0.2) is 24.1 Å². The van der Waals surface area contributed by atoms with Crippen LogP contribution in [0.3, 0.4) is 0 Å². The summed E-state index contributed by atoms with van der Waals surface area (Å²) in [6, 6.07) is 21.9. The summed E-state index contributed by atoms with van der Waals surface area (Å²) in [5.74, 6) is -0.404. The number of nitrogens with zero attached hydrogens (tertiary/aromatic N) is 2. The Kier molecular flexibility index (Phi) is 6.86. The van der Waals surface area contributed by atoms with E-state index in [9.17, 15) is 13.2 Å². The monoisotopic (exact) mass is 488 g/mol. The first-order valence-electron chi connectivity index (χ1n) is 11.2. The number of hydrogen-bond acceptors (Lipinski definition) is 4. The van der Waals surface area contributed by atoms with Gasteiger partial charge in [-0.2, -0.15) is 5.10 Å². The quantitative estimate of drug-likeness (QED) is 0.389. The first-order chi connectivity index (χ1) is 16.7. The summed E-state index contributed by atoms with van der Waals surface area (Å²) < 4.78 is 30.4. The Morgan fingerprint density at radius 1 is 0.914 bits per heavy atom. The molecular formula is C27H28N4O3S. The molecule has 2 N–H and O–H groups in total. The summed E-state index contributed by atoms with van der Waals surface area (Å²) in [6.45, 7) is 7.60. The highest BCUT2D eigenvalue weighted by Gasteiger charge is 2.21. The Balaban J connectivity index is 1.57. The molecule has 4 aromatic rings. The Morgan fingerprint density at radius 2 is 1.60 bits per heavy atom. The van der Waals surface area contributed by atoms with E-state index in [1.54, 1.807) is 23.7 Å². The van der Waals surface area contributed by atoms with Crippen molar-refractivity contribution in [2.75, 3.05) is 5.32 Å². The molecule has 0 atom stereocenters. The average molecular weight is 489 g/mol. The van der Waals surface area contributed by atoms with Crippen LogP contribution >= 0.6 is 0 Å². The third-order valence-electron chi connectivity index (χ3n) is 5.86. The van der Waals surface area contributed by atoms with Crippen LogP contribution in [0.25, 0.3) is 5.69 Å². The first kappa shape index (κ1) is 24.4. The lowest BCUT2D eigenvalue weighted by atomic mass is 10.1. The maximum Gasteiger partial charge on any atom is 0.255 e. The minimum absolute atomic E-state index is 0.0740. The molecule has 3 aromatic carbocycles. The van der Waals surface area contributed by atoms with Crippen molar-refractivity contribution in [1.82, 2.24) is 14.5 Å². The molecule has 0 spiro atoms. The number of rotatable bonds is 7. The molecule has 35 heavy (non-hydrogen) atoms. The van der Waals surface area contributed by atoms with E-state index < -0.39 is 15.9 Å². The van der Waals surface area contributed by atoms with Crippen molar-refractivity contribution in [3.63, 3.8) is 0 Å². The molecule has 1 amide bonds. The second kappa shape index (κ2) is 9.85. The maximum atomic E-state index is 13.1. The van der Waals surface area contributed by atoms with E-state index in [0.29, 0.717) is 16.9 Å². The molecule has 8 heteroatoms. The van der Waals surface area contributed by atoms with Gasteiger partial charge in [-0.05, 0) is 63.1 Å². The van der Waals surface area contributed by atoms with Crippen LogP contribution in [0.15, 0.2) is 77.7 Å². The Bertz CT molecular complexity index is 1480. The van der Waals surface area contributed by atoms with E-state index in [1.165, 1.54) is 6.07 Å².